The van der Waals surface area contributed by atoms with E-state index >= 15 is 0 Å². The number of nitrogens with zero attached hydrogens (tertiary/aromatic N) is 2. The smallest absolute Gasteiger partial charge is 0.213 e. The molecule has 1 aromatic rings. The number of rotatable bonds is 3. The van der Waals surface area contributed by atoms with Gasteiger partial charge in [0.05, 0.1) is 11.2 Å². The molecule has 1 heterocycles. The zero-order chi connectivity index (χ0) is 15.8. The second-order valence-electron chi connectivity index (χ2n) is 5.34. The molecule has 21 heavy (non-hydrogen) atoms. The van der Waals surface area contributed by atoms with Crippen molar-refractivity contribution in [3.8, 4) is 0 Å². The van der Waals surface area contributed by atoms with Crippen LogP contribution in [0.2, 0.25) is 0 Å². The molecule has 0 aliphatic carbocycles. The van der Waals surface area contributed by atoms with Crippen LogP contribution < -0.4 is 0 Å². The lowest BCUT2D eigenvalue weighted by Crippen LogP contribution is -2.50. The number of hydrogen-bond acceptors (Lipinski definition) is 4. The summed E-state index contributed by atoms with van der Waals surface area (Å²) in [5, 5.41) is 0. The molecule has 6 nitrogen and oxygen atoms in total. The van der Waals surface area contributed by atoms with Gasteiger partial charge in [0.2, 0.25) is 20.0 Å². The van der Waals surface area contributed by atoms with Gasteiger partial charge in [-0.1, -0.05) is 17.7 Å². The molecular weight excluding hydrogens is 312 g/mol. The molecule has 0 atom stereocenters. The van der Waals surface area contributed by atoms with Crippen LogP contribution in [0.15, 0.2) is 23.1 Å². The normalized spacial score (nSPS) is 18.8. The van der Waals surface area contributed by atoms with E-state index in [9.17, 15) is 16.8 Å². The molecule has 0 unspecified atom stereocenters. The SMILES string of the molecule is Cc1ccc(S(=O)(=O)N2CCN(S(C)(=O)=O)CC2)c(C)c1. The second kappa shape index (κ2) is 5.68. The lowest BCUT2D eigenvalue weighted by atomic mass is 10.2. The van der Waals surface area contributed by atoms with Crippen LogP contribution in [0.5, 0.6) is 0 Å². The second-order valence-corrected chi connectivity index (χ2v) is 9.22. The summed E-state index contributed by atoms with van der Waals surface area (Å²) in [4.78, 5) is 0.293. The highest BCUT2D eigenvalue weighted by Gasteiger charge is 2.31. The van der Waals surface area contributed by atoms with Gasteiger partial charge in [0, 0.05) is 26.2 Å². The van der Waals surface area contributed by atoms with Crippen LogP contribution in [0, 0.1) is 13.8 Å². The van der Waals surface area contributed by atoms with Crippen molar-refractivity contribution in [3.63, 3.8) is 0 Å². The predicted octanol–water partition coefficient (Wildman–Crippen LogP) is 0.569. The number of piperazine rings is 1. The molecule has 0 saturated carbocycles. The van der Waals surface area contributed by atoms with Gasteiger partial charge in [-0.15, -0.1) is 0 Å². The summed E-state index contributed by atoms with van der Waals surface area (Å²) in [5.41, 5.74) is 1.72. The molecular formula is C13H20N2O4S2. The summed E-state index contributed by atoms with van der Waals surface area (Å²) >= 11 is 0. The third-order valence-electron chi connectivity index (χ3n) is 3.61. The fourth-order valence-corrected chi connectivity index (χ4v) is 4.92. The number of aryl methyl sites for hydroxylation is 2. The van der Waals surface area contributed by atoms with Crippen molar-refractivity contribution < 1.29 is 16.8 Å². The topological polar surface area (TPSA) is 74.8 Å². The maximum Gasteiger partial charge on any atom is 0.243 e. The number of benzene rings is 1. The van der Waals surface area contributed by atoms with E-state index in [1.165, 1.54) is 8.61 Å². The van der Waals surface area contributed by atoms with Gasteiger partial charge in [0.15, 0.2) is 0 Å². The summed E-state index contributed by atoms with van der Waals surface area (Å²) in [6.45, 7) is 4.44. The lowest BCUT2D eigenvalue weighted by Gasteiger charge is -2.32. The van der Waals surface area contributed by atoms with Crippen molar-refractivity contribution in [2.24, 2.45) is 0 Å². The van der Waals surface area contributed by atoms with Crippen LogP contribution in [0.25, 0.3) is 0 Å². The van der Waals surface area contributed by atoms with Gasteiger partial charge < -0.3 is 0 Å². The maximum atomic E-state index is 12.6. The van der Waals surface area contributed by atoms with E-state index in [2.05, 4.69) is 0 Å². The molecule has 2 rings (SSSR count). The quantitative estimate of drug-likeness (QED) is 0.811. The standard InChI is InChI=1S/C13H20N2O4S2/c1-11-4-5-13(12(2)10-11)21(18,19)15-8-6-14(7-9-15)20(3,16)17/h4-5,10H,6-9H2,1-3H3. The fourth-order valence-electron chi connectivity index (χ4n) is 2.47. The van der Waals surface area contributed by atoms with Crippen LogP contribution >= 0.6 is 0 Å². The summed E-state index contributed by atoms with van der Waals surface area (Å²) in [6.07, 6.45) is 1.14. The van der Waals surface area contributed by atoms with Crippen LogP contribution in [-0.2, 0) is 20.0 Å². The predicted molar refractivity (Wildman–Crippen MR) is 81.1 cm³/mol. The first kappa shape index (κ1) is 16.4. The largest absolute Gasteiger partial charge is 0.243 e. The molecule has 0 aromatic heterocycles. The molecule has 1 aliphatic rings. The molecule has 0 radical (unpaired) electrons. The van der Waals surface area contributed by atoms with Crippen molar-refractivity contribution in [1.82, 2.24) is 8.61 Å². The van der Waals surface area contributed by atoms with E-state index < -0.39 is 20.0 Å². The minimum atomic E-state index is -3.57. The minimum Gasteiger partial charge on any atom is -0.213 e. The average Bonchev–Trinajstić information content (AvgIpc) is 2.37. The highest BCUT2D eigenvalue weighted by atomic mass is 32.2. The third-order valence-corrected chi connectivity index (χ3v) is 6.98. The van der Waals surface area contributed by atoms with Gasteiger partial charge >= 0.3 is 0 Å². The van der Waals surface area contributed by atoms with E-state index in [0.29, 0.717) is 10.5 Å². The van der Waals surface area contributed by atoms with Crippen molar-refractivity contribution in [2.45, 2.75) is 18.7 Å². The first-order valence-corrected chi connectivity index (χ1v) is 9.94. The molecule has 1 aliphatic heterocycles. The first-order valence-electron chi connectivity index (χ1n) is 6.65. The molecule has 0 amide bonds. The molecule has 1 fully saturated rings. The van der Waals surface area contributed by atoms with E-state index in [4.69, 9.17) is 0 Å². The van der Waals surface area contributed by atoms with Crippen LogP contribution in [0.4, 0.5) is 0 Å². The highest BCUT2D eigenvalue weighted by Crippen LogP contribution is 2.22. The fraction of sp³-hybridized carbons (Fsp3) is 0.538. The van der Waals surface area contributed by atoms with Gasteiger partial charge in [-0.2, -0.15) is 8.61 Å². The summed E-state index contributed by atoms with van der Waals surface area (Å²) < 4.78 is 50.9. The monoisotopic (exact) mass is 332 g/mol. The number of sulfonamides is 2. The Bertz CT molecular complexity index is 733. The van der Waals surface area contributed by atoms with Gasteiger partial charge in [-0.25, -0.2) is 16.8 Å². The Morgan fingerprint density at radius 3 is 1.90 bits per heavy atom. The summed E-state index contributed by atoms with van der Waals surface area (Å²) in [7, 11) is -6.83. The van der Waals surface area contributed by atoms with Gasteiger partial charge in [-0.05, 0) is 25.5 Å². The van der Waals surface area contributed by atoms with Gasteiger partial charge in [0.25, 0.3) is 0 Å². The zero-order valence-electron chi connectivity index (χ0n) is 12.4. The molecule has 118 valence electrons. The van der Waals surface area contributed by atoms with Crippen molar-refractivity contribution in [1.29, 1.82) is 0 Å². The molecule has 8 heteroatoms. The maximum absolute atomic E-state index is 12.6. The van der Waals surface area contributed by atoms with Gasteiger partial charge in [-0.3, -0.25) is 0 Å². The molecule has 0 spiro atoms. The molecule has 1 saturated heterocycles. The number of hydrogen-bond donors (Lipinski definition) is 0. The van der Waals surface area contributed by atoms with E-state index in [1.54, 1.807) is 19.1 Å². The Hall–Kier alpha value is -0.960. The Labute approximate surface area is 126 Å². The van der Waals surface area contributed by atoms with Crippen LogP contribution in [0.3, 0.4) is 0 Å². The first-order chi connectivity index (χ1) is 9.62. The Kier molecular flexibility index (Phi) is 4.44. The van der Waals surface area contributed by atoms with Crippen molar-refractivity contribution in [2.75, 3.05) is 32.4 Å². The van der Waals surface area contributed by atoms with Crippen LogP contribution in [-0.4, -0.2) is 57.9 Å². The van der Waals surface area contributed by atoms with Gasteiger partial charge in [0.1, 0.15) is 0 Å². The Morgan fingerprint density at radius 2 is 1.43 bits per heavy atom. The minimum absolute atomic E-state index is 0.183. The van der Waals surface area contributed by atoms with E-state index in [0.717, 1.165) is 11.8 Å². The van der Waals surface area contributed by atoms with Crippen LogP contribution in [0.1, 0.15) is 11.1 Å². The summed E-state index contributed by atoms with van der Waals surface area (Å²) in [5.74, 6) is 0. The average molecular weight is 332 g/mol. The molecule has 0 bridgehead atoms. The lowest BCUT2D eigenvalue weighted by molar-refractivity contribution is 0.274. The Morgan fingerprint density at radius 1 is 0.905 bits per heavy atom. The third kappa shape index (κ3) is 3.45. The van der Waals surface area contributed by atoms with Crippen molar-refractivity contribution >= 4 is 20.0 Å². The molecule has 0 N–H and O–H groups in total. The van der Waals surface area contributed by atoms with E-state index in [-0.39, 0.29) is 26.2 Å². The summed E-state index contributed by atoms with van der Waals surface area (Å²) in [6, 6.07) is 5.22. The zero-order valence-corrected chi connectivity index (χ0v) is 14.0. The Balaban J connectivity index is 2.23. The highest BCUT2D eigenvalue weighted by molar-refractivity contribution is 7.89. The van der Waals surface area contributed by atoms with Crippen molar-refractivity contribution in [3.05, 3.63) is 29.3 Å². The molecule has 1 aromatic carbocycles. The van der Waals surface area contributed by atoms with E-state index in [1.807, 2.05) is 13.0 Å².